The predicted molar refractivity (Wildman–Crippen MR) is 74.1 cm³/mol. The summed E-state index contributed by atoms with van der Waals surface area (Å²) in [6.45, 7) is 0. The highest BCUT2D eigenvalue weighted by Crippen LogP contribution is 2.28. The van der Waals surface area contributed by atoms with E-state index in [9.17, 15) is 4.79 Å². The first-order valence-corrected chi connectivity index (χ1v) is 6.04. The second-order valence-electron chi connectivity index (χ2n) is 4.31. The van der Waals surface area contributed by atoms with Crippen LogP contribution in [0.5, 0.6) is 5.75 Å². The van der Waals surface area contributed by atoms with Crippen molar-refractivity contribution in [1.82, 2.24) is 9.38 Å². The highest BCUT2D eigenvalue weighted by Gasteiger charge is 2.11. The van der Waals surface area contributed by atoms with Crippen molar-refractivity contribution >= 4 is 11.6 Å². The van der Waals surface area contributed by atoms with Crippen LogP contribution in [0.3, 0.4) is 0 Å². The van der Waals surface area contributed by atoms with Gasteiger partial charge in [0.25, 0.3) is 0 Å². The predicted octanol–water partition coefficient (Wildman–Crippen LogP) is 2.71. The molecule has 0 aliphatic carbocycles. The van der Waals surface area contributed by atoms with Crippen molar-refractivity contribution in [2.45, 2.75) is 0 Å². The van der Waals surface area contributed by atoms with Crippen LogP contribution in [0.1, 0.15) is 10.4 Å². The van der Waals surface area contributed by atoms with E-state index < -0.39 is 5.97 Å². The first kappa shape index (κ1) is 12.2. The molecule has 0 unspecified atom stereocenters. The lowest BCUT2D eigenvalue weighted by molar-refractivity contribution is 0.0697. The van der Waals surface area contributed by atoms with Crippen molar-refractivity contribution < 1.29 is 14.6 Å². The van der Waals surface area contributed by atoms with Gasteiger partial charge in [0.05, 0.1) is 18.4 Å². The molecule has 0 amide bonds. The van der Waals surface area contributed by atoms with Crippen LogP contribution < -0.4 is 4.74 Å². The largest absolute Gasteiger partial charge is 0.496 e. The van der Waals surface area contributed by atoms with Crippen molar-refractivity contribution in [3.63, 3.8) is 0 Å². The molecule has 1 N–H and O–H groups in total. The Morgan fingerprint density at radius 1 is 1.30 bits per heavy atom. The normalized spacial score (nSPS) is 10.7. The molecule has 3 rings (SSSR count). The zero-order valence-corrected chi connectivity index (χ0v) is 10.8. The average molecular weight is 268 g/mol. The van der Waals surface area contributed by atoms with Crippen molar-refractivity contribution in [1.29, 1.82) is 0 Å². The molecule has 20 heavy (non-hydrogen) atoms. The minimum absolute atomic E-state index is 0.217. The fraction of sp³-hybridized carbons (Fsp3) is 0.0667. The zero-order valence-electron chi connectivity index (χ0n) is 10.8. The van der Waals surface area contributed by atoms with Crippen LogP contribution in [-0.4, -0.2) is 27.6 Å². The van der Waals surface area contributed by atoms with Gasteiger partial charge in [-0.1, -0.05) is 12.1 Å². The van der Waals surface area contributed by atoms with Gasteiger partial charge in [-0.05, 0) is 24.3 Å². The highest BCUT2D eigenvalue weighted by molar-refractivity contribution is 5.88. The maximum Gasteiger partial charge on any atom is 0.335 e. The summed E-state index contributed by atoms with van der Waals surface area (Å²) in [5.74, 6) is -0.233. The second-order valence-corrected chi connectivity index (χ2v) is 4.31. The third-order valence-corrected chi connectivity index (χ3v) is 3.09. The molecule has 5 nitrogen and oxygen atoms in total. The molecule has 1 aromatic carbocycles. The Labute approximate surface area is 115 Å². The number of carbonyl (C=O) groups is 1. The van der Waals surface area contributed by atoms with E-state index in [1.54, 1.807) is 29.8 Å². The minimum Gasteiger partial charge on any atom is -0.496 e. The van der Waals surface area contributed by atoms with Gasteiger partial charge in [-0.2, -0.15) is 0 Å². The number of methoxy groups -OCH3 is 1. The Kier molecular flexibility index (Phi) is 2.87. The van der Waals surface area contributed by atoms with E-state index in [-0.39, 0.29) is 5.56 Å². The smallest absolute Gasteiger partial charge is 0.335 e. The lowest BCUT2D eigenvalue weighted by Crippen LogP contribution is -1.96. The number of carboxylic acids is 1. The van der Waals surface area contributed by atoms with Crippen molar-refractivity contribution in [2.24, 2.45) is 0 Å². The monoisotopic (exact) mass is 268 g/mol. The molecular formula is C15H12N2O3. The molecule has 0 saturated carbocycles. The molecule has 0 aliphatic rings. The van der Waals surface area contributed by atoms with Gasteiger partial charge in [0.2, 0.25) is 0 Å². The number of benzene rings is 1. The summed E-state index contributed by atoms with van der Waals surface area (Å²) in [6, 6.07) is 10.7. The number of ether oxygens (including phenoxy) is 1. The third-order valence-electron chi connectivity index (χ3n) is 3.09. The van der Waals surface area contributed by atoms with Crippen LogP contribution in [0.15, 0.2) is 48.8 Å². The Morgan fingerprint density at radius 3 is 2.85 bits per heavy atom. The number of imidazole rings is 1. The standard InChI is InChI=1S/C15H12N2O3/c1-20-13-5-3-2-4-11(13)12-9-17-7-6-10(15(18)19)8-14(17)16-12/h2-9H,1H3,(H,18,19). The summed E-state index contributed by atoms with van der Waals surface area (Å²) in [6.07, 6.45) is 3.53. The van der Waals surface area contributed by atoms with Crippen LogP contribution in [-0.2, 0) is 0 Å². The molecule has 0 atom stereocenters. The number of rotatable bonds is 3. The Morgan fingerprint density at radius 2 is 2.10 bits per heavy atom. The zero-order chi connectivity index (χ0) is 14.1. The number of hydrogen-bond donors (Lipinski definition) is 1. The topological polar surface area (TPSA) is 63.8 Å². The average Bonchev–Trinajstić information content (AvgIpc) is 2.89. The van der Waals surface area contributed by atoms with Crippen LogP contribution >= 0.6 is 0 Å². The number of carboxylic acid groups (broad SMARTS) is 1. The Balaban J connectivity index is 2.15. The molecule has 2 aromatic heterocycles. The number of aromatic nitrogens is 2. The Hall–Kier alpha value is -2.82. The quantitative estimate of drug-likeness (QED) is 0.793. The molecule has 0 saturated heterocycles. The van der Waals surface area contributed by atoms with E-state index >= 15 is 0 Å². The number of hydrogen-bond acceptors (Lipinski definition) is 3. The SMILES string of the molecule is COc1ccccc1-c1cn2ccc(C(=O)O)cc2n1. The Bertz CT molecular complexity index is 793. The van der Waals surface area contributed by atoms with Gasteiger partial charge >= 0.3 is 5.97 Å². The van der Waals surface area contributed by atoms with Crippen molar-refractivity contribution in [2.75, 3.05) is 7.11 Å². The lowest BCUT2D eigenvalue weighted by Gasteiger charge is -2.04. The van der Waals surface area contributed by atoms with Gasteiger partial charge in [-0.25, -0.2) is 9.78 Å². The summed E-state index contributed by atoms with van der Waals surface area (Å²) < 4.78 is 7.10. The van der Waals surface area contributed by atoms with E-state index in [4.69, 9.17) is 9.84 Å². The number of pyridine rings is 1. The van der Waals surface area contributed by atoms with Gasteiger partial charge in [-0.3, -0.25) is 0 Å². The molecule has 2 heterocycles. The number of para-hydroxylation sites is 1. The second kappa shape index (κ2) is 4.70. The highest BCUT2D eigenvalue weighted by atomic mass is 16.5. The summed E-state index contributed by atoms with van der Waals surface area (Å²) >= 11 is 0. The summed E-state index contributed by atoms with van der Waals surface area (Å²) in [7, 11) is 1.61. The van der Waals surface area contributed by atoms with Crippen LogP contribution in [0.4, 0.5) is 0 Å². The van der Waals surface area contributed by atoms with Crippen LogP contribution in [0, 0.1) is 0 Å². The van der Waals surface area contributed by atoms with Gasteiger partial charge in [0.1, 0.15) is 11.4 Å². The third kappa shape index (κ3) is 1.99. The van der Waals surface area contributed by atoms with Gasteiger partial charge in [-0.15, -0.1) is 0 Å². The van der Waals surface area contributed by atoms with Crippen molar-refractivity contribution in [3.05, 3.63) is 54.4 Å². The molecule has 0 fully saturated rings. The molecule has 0 radical (unpaired) electrons. The molecule has 0 spiro atoms. The van der Waals surface area contributed by atoms with Crippen LogP contribution in [0.25, 0.3) is 16.9 Å². The number of fused-ring (bicyclic) bond motifs is 1. The molecule has 3 aromatic rings. The number of aromatic carboxylic acids is 1. The van der Waals surface area contributed by atoms with Crippen LogP contribution in [0.2, 0.25) is 0 Å². The number of nitrogens with zero attached hydrogens (tertiary/aromatic N) is 2. The first-order chi connectivity index (χ1) is 9.69. The summed E-state index contributed by atoms with van der Waals surface area (Å²) in [5, 5.41) is 8.99. The summed E-state index contributed by atoms with van der Waals surface area (Å²) in [5.41, 5.74) is 2.42. The lowest BCUT2D eigenvalue weighted by atomic mass is 10.1. The maximum absolute atomic E-state index is 11.0. The van der Waals surface area contributed by atoms with Gasteiger partial charge in [0, 0.05) is 18.0 Å². The first-order valence-electron chi connectivity index (χ1n) is 6.04. The summed E-state index contributed by atoms with van der Waals surface area (Å²) in [4.78, 5) is 15.4. The van der Waals surface area contributed by atoms with E-state index in [0.29, 0.717) is 5.65 Å². The maximum atomic E-state index is 11.0. The molecule has 0 bridgehead atoms. The van der Waals surface area contributed by atoms with E-state index in [0.717, 1.165) is 17.0 Å². The van der Waals surface area contributed by atoms with E-state index in [1.807, 2.05) is 30.5 Å². The van der Waals surface area contributed by atoms with E-state index in [1.165, 1.54) is 0 Å². The molecule has 5 heteroatoms. The van der Waals surface area contributed by atoms with Crippen molar-refractivity contribution in [3.8, 4) is 17.0 Å². The van der Waals surface area contributed by atoms with Gasteiger partial charge < -0.3 is 14.2 Å². The fourth-order valence-corrected chi connectivity index (χ4v) is 2.10. The molecule has 0 aliphatic heterocycles. The van der Waals surface area contributed by atoms with Gasteiger partial charge in [0.15, 0.2) is 0 Å². The van der Waals surface area contributed by atoms with E-state index in [2.05, 4.69) is 4.98 Å². The minimum atomic E-state index is -0.964. The fourth-order valence-electron chi connectivity index (χ4n) is 2.10. The molecule has 100 valence electrons. The molecular weight excluding hydrogens is 256 g/mol.